The molecule has 1 heterocycles. The van der Waals surface area contributed by atoms with Crippen LogP contribution in [0.15, 0.2) is 18.3 Å². The minimum atomic E-state index is 0.0270. The van der Waals surface area contributed by atoms with Gasteiger partial charge in [-0.15, -0.1) is 0 Å². The molecule has 1 atom stereocenters. The van der Waals surface area contributed by atoms with Crippen molar-refractivity contribution in [3.63, 3.8) is 0 Å². The Morgan fingerprint density at radius 3 is 2.93 bits per heavy atom. The molecule has 4 heteroatoms. The number of aromatic nitrogens is 1. The molecular weight excluding hydrogens is 192 g/mol. The van der Waals surface area contributed by atoms with Crippen LogP contribution in [-0.4, -0.2) is 36.4 Å². The Kier molecular flexibility index (Phi) is 4.37. The Bertz CT molecular complexity index is 304. The van der Waals surface area contributed by atoms with Crippen molar-refractivity contribution in [2.45, 2.75) is 19.9 Å². The third-order valence-corrected chi connectivity index (χ3v) is 2.31. The first-order valence-corrected chi connectivity index (χ1v) is 5.12. The van der Waals surface area contributed by atoms with Gasteiger partial charge in [0.2, 0.25) is 0 Å². The lowest BCUT2D eigenvalue weighted by molar-refractivity contribution is 0.268. The maximum Gasteiger partial charge on any atom is 0.171 e. The summed E-state index contributed by atoms with van der Waals surface area (Å²) < 4.78 is 5.47. The number of ether oxygens (including phenoxy) is 1. The number of hydrogen-bond acceptors (Lipinski definition) is 4. The van der Waals surface area contributed by atoms with E-state index in [-0.39, 0.29) is 12.6 Å². The van der Waals surface area contributed by atoms with E-state index in [1.807, 2.05) is 37.9 Å². The average Bonchev–Trinajstić information content (AvgIpc) is 2.28. The molecule has 0 amide bonds. The van der Waals surface area contributed by atoms with E-state index in [1.165, 1.54) is 0 Å². The van der Waals surface area contributed by atoms with Gasteiger partial charge in [0, 0.05) is 13.2 Å². The van der Waals surface area contributed by atoms with Crippen molar-refractivity contribution in [2.75, 3.05) is 25.2 Å². The molecule has 1 aromatic heterocycles. The Hall–Kier alpha value is -1.29. The SMILES string of the molecule is CCOc1cccnc1N(C)C(C)CO. The fraction of sp³-hybridized carbons (Fsp3) is 0.545. The predicted octanol–water partition coefficient (Wildman–Crippen LogP) is 1.30. The molecule has 1 N–H and O–H groups in total. The van der Waals surface area contributed by atoms with Crippen molar-refractivity contribution < 1.29 is 9.84 Å². The average molecular weight is 210 g/mol. The van der Waals surface area contributed by atoms with Gasteiger partial charge in [-0.25, -0.2) is 4.98 Å². The molecule has 0 aliphatic heterocycles. The van der Waals surface area contributed by atoms with E-state index in [0.717, 1.165) is 11.6 Å². The van der Waals surface area contributed by atoms with Gasteiger partial charge < -0.3 is 14.7 Å². The third-order valence-electron chi connectivity index (χ3n) is 2.31. The molecule has 4 nitrogen and oxygen atoms in total. The van der Waals surface area contributed by atoms with Crippen LogP contribution in [0.1, 0.15) is 13.8 Å². The van der Waals surface area contributed by atoms with Gasteiger partial charge >= 0.3 is 0 Å². The van der Waals surface area contributed by atoms with Gasteiger partial charge in [-0.3, -0.25) is 0 Å². The van der Waals surface area contributed by atoms with Gasteiger partial charge in [-0.05, 0) is 26.0 Å². The molecule has 0 fully saturated rings. The fourth-order valence-corrected chi connectivity index (χ4v) is 1.25. The van der Waals surface area contributed by atoms with Crippen LogP contribution < -0.4 is 9.64 Å². The summed E-state index contributed by atoms with van der Waals surface area (Å²) in [6.07, 6.45) is 1.72. The van der Waals surface area contributed by atoms with Gasteiger partial charge in [0.25, 0.3) is 0 Å². The van der Waals surface area contributed by atoms with Gasteiger partial charge in [-0.2, -0.15) is 0 Å². The van der Waals surface area contributed by atoms with Gasteiger partial charge in [0.1, 0.15) is 0 Å². The molecule has 0 bridgehead atoms. The second kappa shape index (κ2) is 5.56. The van der Waals surface area contributed by atoms with E-state index in [0.29, 0.717) is 6.61 Å². The van der Waals surface area contributed by atoms with Crippen molar-refractivity contribution in [1.29, 1.82) is 0 Å². The molecule has 0 radical (unpaired) electrons. The summed E-state index contributed by atoms with van der Waals surface area (Å²) >= 11 is 0. The Labute approximate surface area is 90.5 Å². The van der Waals surface area contributed by atoms with E-state index in [2.05, 4.69) is 4.98 Å². The number of anilines is 1. The largest absolute Gasteiger partial charge is 0.490 e. The number of rotatable bonds is 5. The van der Waals surface area contributed by atoms with Crippen LogP contribution in [0.5, 0.6) is 5.75 Å². The third kappa shape index (κ3) is 2.83. The molecule has 0 spiro atoms. The Morgan fingerprint density at radius 1 is 1.60 bits per heavy atom. The molecule has 0 aromatic carbocycles. The van der Waals surface area contributed by atoms with E-state index in [9.17, 15) is 0 Å². The second-order valence-corrected chi connectivity index (χ2v) is 3.40. The highest BCUT2D eigenvalue weighted by atomic mass is 16.5. The van der Waals surface area contributed by atoms with Crippen LogP contribution in [0.4, 0.5) is 5.82 Å². The van der Waals surface area contributed by atoms with Crippen LogP contribution in [0.2, 0.25) is 0 Å². The predicted molar refractivity (Wildman–Crippen MR) is 60.4 cm³/mol. The highest BCUT2D eigenvalue weighted by Gasteiger charge is 2.14. The molecule has 1 unspecified atom stereocenters. The molecule has 84 valence electrons. The number of hydrogen-bond donors (Lipinski definition) is 1. The Morgan fingerprint density at radius 2 is 2.33 bits per heavy atom. The molecule has 0 saturated heterocycles. The summed E-state index contributed by atoms with van der Waals surface area (Å²) in [5.41, 5.74) is 0. The maximum absolute atomic E-state index is 9.08. The van der Waals surface area contributed by atoms with Crippen molar-refractivity contribution in [2.24, 2.45) is 0 Å². The zero-order valence-electron chi connectivity index (χ0n) is 9.47. The van der Waals surface area contributed by atoms with Gasteiger partial charge in [0.05, 0.1) is 19.3 Å². The highest BCUT2D eigenvalue weighted by Crippen LogP contribution is 2.25. The summed E-state index contributed by atoms with van der Waals surface area (Å²) in [5.74, 6) is 1.52. The first kappa shape index (κ1) is 11.8. The summed E-state index contributed by atoms with van der Waals surface area (Å²) in [4.78, 5) is 6.16. The second-order valence-electron chi connectivity index (χ2n) is 3.40. The lowest BCUT2D eigenvalue weighted by Crippen LogP contribution is -2.32. The van der Waals surface area contributed by atoms with Crippen LogP contribution >= 0.6 is 0 Å². The molecule has 1 aromatic rings. The Balaban J connectivity index is 2.91. The molecule has 0 saturated carbocycles. The number of pyridine rings is 1. The van der Waals surface area contributed by atoms with Crippen LogP contribution in [0.25, 0.3) is 0 Å². The first-order chi connectivity index (χ1) is 7.20. The summed E-state index contributed by atoms with van der Waals surface area (Å²) in [5, 5.41) is 9.08. The van der Waals surface area contributed by atoms with Gasteiger partial charge in [0.15, 0.2) is 11.6 Å². The summed E-state index contributed by atoms with van der Waals surface area (Å²) in [6.45, 7) is 4.58. The maximum atomic E-state index is 9.08. The molecule has 15 heavy (non-hydrogen) atoms. The van der Waals surface area contributed by atoms with Crippen LogP contribution in [0, 0.1) is 0 Å². The first-order valence-electron chi connectivity index (χ1n) is 5.12. The van der Waals surface area contributed by atoms with Crippen molar-refractivity contribution in [1.82, 2.24) is 4.98 Å². The quantitative estimate of drug-likeness (QED) is 0.795. The monoisotopic (exact) mass is 210 g/mol. The van der Waals surface area contributed by atoms with E-state index >= 15 is 0 Å². The summed E-state index contributed by atoms with van der Waals surface area (Å²) in [6, 6.07) is 3.75. The number of aliphatic hydroxyl groups excluding tert-OH is 1. The van der Waals surface area contributed by atoms with Crippen molar-refractivity contribution >= 4 is 5.82 Å². The van der Waals surface area contributed by atoms with E-state index < -0.39 is 0 Å². The standard InChI is InChI=1S/C11H18N2O2/c1-4-15-10-6-5-7-12-11(10)13(3)9(2)8-14/h5-7,9,14H,4,8H2,1-3H3. The highest BCUT2D eigenvalue weighted by molar-refractivity contribution is 5.52. The molecule has 1 rings (SSSR count). The van der Waals surface area contributed by atoms with Gasteiger partial charge in [-0.1, -0.05) is 0 Å². The normalized spacial score (nSPS) is 12.3. The lowest BCUT2D eigenvalue weighted by atomic mass is 10.3. The number of aliphatic hydroxyl groups is 1. The zero-order valence-corrected chi connectivity index (χ0v) is 9.47. The van der Waals surface area contributed by atoms with Crippen molar-refractivity contribution in [3.8, 4) is 5.75 Å². The zero-order chi connectivity index (χ0) is 11.3. The smallest absolute Gasteiger partial charge is 0.171 e. The number of likely N-dealkylation sites (N-methyl/N-ethyl adjacent to an activating group) is 1. The van der Waals surface area contributed by atoms with E-state index in [1.54, 1.807) is 6.20 Å². The minimum absolute atomic E-state index is 0.0270. The minimum Gasteiger partial charge on any atom is -0.490 e. The fourth-order valence-electron chi connectivity index (χ4n) is 1.25. The van der Waals surface area contributed by atoms with Crippen molar-refractivity contribution in [3.05, 3.63) is 18.3 Å². The number of nitrogens with zero attached hydrogens (tertiary/aromatic N) is 2. The van der Waals surface area contributed by atoms with Crippen LogP contribution in [0.3, 0.4) is 0 Å². The van der Waals surface area contributed by atoms with Crippen LogP contribution in [-0.2, 0) is 0 Å². The topological polar surface area (TPSA) is 45.6 Å². The lowest BCUT2D eigenvalue weighted by Gasteiger charge is -2.25. The molecule has 0 aliphatic carbocycles. The molecular formula is C11H18N2O2. The summed E-state index contributed by atoms with van der Waals surface area (Å²) in [7, 11) is 1.89. The van der Waals surface area contributed by atoms with E-state index in [4.69, 9.17) is 9.84 Å². The molecule has 0 aliphatic rings.